The molecule has 1 aromatic carbocycles. The highest BCUT2D eigenvalue weighted by molar-refractivity contribution is 5.85. The van der Waals surface area contributed by atoms with Gasteiger partial charge in [0.05, 0.1) is 13.1 Å². The second-order valence-electron chi connectivity index (χ2n) is 6.83. The highest BCUT2D eigenvalue weighted by Gasteiger charge is 2.27. The zero-order chi connectivity index (χ0) is 17.8. The lowest BCUT2D eigenvalue weighted by atomic mass is 10.1. The molecule has 0 radical (unpaired) electrons. The number of nitrogens with zero attached hydrogens (tertiary/aromatic N) is 2. The monoisotopic (exact) mass is 388 g/mol. The third-order valence-corrected chi connectivity index (χ3v) is 5.01. The number of hydrogen-bond donors (Lipinski definition) is 2. The van der Waals surface area contributed by atoms with Gasteiger partial charge in [-0.3, -0.25) is 14.7 Å². The summed E-state index contributed by atoms with van der Waals surface area (Å²) in [5, 5.41) is 6.44. The molecule has 3 heterocycles. The molecular weight excluding hydrogens is 364 g/mol. The summed E-state index contributed by atoms with van der Waals surface area (Å²) in [5.41, 5.74) is 2.35. The quantitative estimate of drug-likeness (QED) is 0.813. The molecule has 2 aromatic rings. The maximum absolute atomic E-state index is 12.5. The Bertz CT molecular complexity index is 734. The fourth-order valence-corrected chi connectivity index (χ4v) is 3.67. The van der Waals surface area contributed by atoms with Crippen LogP contribution in [0.4, 0.5) is 0 Å². The predicted molar refractivity (Wildman–Crippen MR) is 106 cm³/mol. The Morgan fingerprint density at radius 3 is 3.00 bits per heavy atom. The predicted octanol–water partition coefficient (Wildman–Crippen LogP) is 1.57. The number of fused-ring (bicyclic) bond motifs is 1. The highest BCUT2D eigenvalue weighted by atomic mass is 35.5. The van der Waals surface area contributed by atoms with Crippen LogP contribution in [-0.4, -0.2) is 54.6 Å². The minimum atomic E-state index is 0. The average molecular weight is 389 g/mol. The van der Waals surface area contributed by atoms with Gasteiger partial charge in [-0.2, -0.15) is 0 Å². The molecule has 1 amide bonds. The fraction of sp³-hybridized carbons (Fsp3) is 0.400. The van der Waals surface area contributed by atoms with E-state index in [0.717, 1.165) is 37.4 Å². The van der Waals surface area contributed by atoms with E-state index < -0.39 is 0 Å². The van der Waals surface area contributed by atoms with Crippen molar-refractivity contribution in [3.63, 3.8) is 0 Å². The second-order valence-corrected chi connectivity index (χ2v) is 6.83. The maximum Gasteiger partial charge on any atom is 0.234 e. The first-order valence-electron chi connectivity index (χ1n) is 9.15. The molecule has 2 unspecified atom stereocenters. The summed E-state index contributed by atoms with van der Waals surface area (Å²) in [4.78, 5) is 18.9. The summed E-state index contributed by atoms with van der Waals surface area (Å²) in [6.07, 6.45) is 4.53. The average Bonchev–Trinajstić information content (AvgIpc) is 3.11. The van der Waals surface area contributed by atoms with Crippen molar-refractivity contribution in [2.75, 3.05) is 32.7 Å². The Hall–Kier alpha value is -2.15. The number of aromatic nitrogens is 1. The van der Waals surface area contributed by atoms with E-state index in [0.29, 0.717) is 13.1 Å². The highest BCUT2D eigenvalue weighted by Crippen LogP contribution is 2.27. The molecule has 2 aliphatic heterocycles. The minimum absolute atomic E-state index is 0. The lowest BCUT2D eigenvalue weighted by Gasteiger charge is -2.35. The molecule has 1 fully saturated rings. The number of nitrogens with one attached hydrogen (secondary N) is 2. The molecule has 1 aromatic heterocycles. The van der Waals surface area contributed by atoms with Crippen LogP contribution in [0.2, 0.25) is 0 Å². The second kappa shape index (κ2) is 9.17. The van der Waals surface area contributed by atoms with Crippen molar-refractivity contribution in [1.29, 1.82) is 0 Å². The first kappa shape index (κ1) is 19.6. The van der Waals surface area contributed by atoms with Crippen molar-refractivity contribution in [3.8, 4) is 5.75 Å². The molecule has 2 aliphatic rings. The van der Waals surface area contributed by atoms with Gasteiger partial charge in [0.25, 0.3) is 0 Å². The summed E-state index contributed by atoms with van der Waals surface area (Å²) < 4.78 is 5.89. The number of piperazine rings is 1. The van der Waals surface area contributed by atoms with E-state index in [1.165, 1.54) is 5.56 Å². The molecule has 0 bridgehead atoms. The summed E-state index contributed by atoms with van der Waals surface area (Å²) in [5.74, 6) is 0.978. The van der Waals surface area contributed by atoms with Gasteiger partial charge in [0.2, 0.25) is 5.91 Å². The van der Waals surface area contributed by atoms with Crippen molar-refractivity contribution >= 4 is 18.3 Å². The summed E-state index contributed by atoms with van der Waals surface area (Å²) in [6, 6.07) is 12.2. The van der Waals surface area contributed by atoms with Crippen LogP contribution in [0.3, 0.4) is 0 Å². The Morgan fingerprint density at radius 1 is 1.30 bits per heavy atom. The summed E-state index contributed by atoms with van der Waals surface area (Å²) in [6.45, 7) is 3.50. The molecular formula is C20H25ClN4O2. The molecule has 4 rings (SSSR count). The van der Waals surface area contributed by atoms with E-state index in [9.17, 15) is 4.79 Å². The van der Waals surface area contributed by atoms with E-state index in [4.69, 9.17) is 4.74 Å². The van der Waals surface area contributed by atoms with E-state index >= 15 is 0 Å². The Balaban J connectivity index is 0.00000210. The lowest BCUT2D eigenvalue weighted by molar-refractivity contribution is -0.123. The van der Waals surface area contributed by atoms with Crippen LogP contribution in [0, 0.1) is 0 Å². The fourth-order valence-electron chi connectivity index (χ4n) is 3.67. The Kier molecular flexibility index (Phi) is 6.66. The molecule has 1 saturated heterocycles. The molecule has 0 saturated carbocycles. The number of carbonyl (C=O) groups is 1. The number of halogens is 1. The van der Waals surface area contributed by atoms with Crippen LogP contribution < -0.4 is 15.4 Å². The number of hydrogen-bond acceptors (Lipinski definition) is 5. The van der Waals surface area contributed by atoms with Crippen molar-refractivity contribution in [2.45, 2.75) is 18.6 Å². The Morgan fingerprint density at radius 2 is 2.19 bits per heavy atom. The van der Waals surface area contributed by atoms with E-state index in [1.807, 2.05) is 30.5 Å². The van der Waals surface area contributed by atoms with Crippen molar-refractivity contribution in [3.05, 3.63) is 59.9 Å². The summed E-state index contributed by atoms with van der Waals surface area (Å²) in [7, 11) is 0. The van der Waals surface area contributed by atoms with Gasteiger partial charge in [-0.25, -0.2) is 0 Å². The van der Waals surface area contributed by atoms with Crippen molar-refractivity contribution in [1.82, 2.24) is 20.5 Å². The number of carbonyl (C=O) groups excluding carboxylic acids is 1. The zero-order valence-corrected chi connectivity index (χ0v) is 16.0. The lowest BCUT2D eigenvalue weighted by Crippen LogP contribution is -2.50. The molecule has 144 valence electrons. The van der Waals surface area contributed by atoms with Crippen LogP contribution in [-0.2, 0) is 11.2 Å². The minimum Gasteiger partial charge on any atom is -0.488 e. The van der Waals surface area contributed by atoms with E-state index in [1.54, 1.807) is 6.20 Å². The van der Waals surface area contributed by atoms with E-state index in [2.05, 4.69) is 32.7 Å². The SMILES string of the molecule is Cl.O=C(CN1CCNCC1c1cccnc1)NCC1Cc2ccccc2O1. The van der Waals surface area contributed by atoms with Gasteiger partial charge in [0.15, 0.2) is 0 Å². The van der Waals surface area contributed by atoms with Gasteiger partial charge in [0, 0.05) is 44.5 Å². The first-order valence-corrected chi connectivity index (χ1v) is 9.15. The molecule has 0 spiro atoms. The number of amides is 1. The topological polar surface area (TPSA) is 66.5 Å². The normalized spacial score (nSPS) is 21.6. The number of ether oxygens (including phenoxy) is 1. The number of rotatable bonds is 5. The van der Waals surface area contributed by atoms with Gasteiger partial charge in [-0.15, -0.1) is 12.4 Å². The van der Waals surface area contributed by atoms with Crippen LogP contribution in [0.25, 0.3) is 0 Å². The number of pyridine rings is 1. The first-order chi connectivity index (χ1) is 12.8. The van der Waals surface area contributed by atoms with Crippen molar-refractivity contribution in [2.24, 2.45) is 0 Å². The zero-order valence-electron chi connectivity index (χ0n) is 15.1. The molecule has 27 heavy (non-hydrogen) atoms. The van der Waals surface area contributed by atoms with Gasteiger partial charge in [0.1, 0.15) is 11.9 Å². The standard InChI is InChI=1S/C20H24N4O2.ClH/c25-20(23-12-17-10-15-4-1-2-6-19(15)26-17)14-24-9-8-22-13-18(24)16-5-3-7-21-11-16;/h1-7,11,17-18,22H,8-10,12-14H2,(H,23,25);1H. The van der Waals surface area contributed by atoms with Crippen LogP contribution in [0.5, 0.6) is 5.75 Å². The van der Waals surface area contributed by atoms with Gasteiger partial charge in [-0.05, 0) is 23.3 Å². The largest absolute Gasteiger partial charge is 0.488 e. The molecule has 6 nitrogen and oxygen atoms in total. The molecule has 2 atom stereocenters. The van der Waals surface area contributed by atoms with Crippen LogP contribution in [0.1, 0.15) is 17.2 Å². The molecule has 7 heteroatoms. The van der Waals surface area contributed by atoms with Gasteiger partial charge < -0.3 is 15.4 Å². The van der Waals surface area contributed by atoms with Gasteiger partial charge in [-0.1, -0.05) is 24.3 Å². The van der Waals surface area contributed by atoms with Gasteiger partial charge >= 0.3 is 0 Å². The van der Waals surface area contributed by atoms with E-state index in [-0.39, 0.29) is 30.5 Å². The molecule has 2 N–H and O–H groups in total. The molecule has 0 aliphatic carbocycles. The summed E-state index contributed by atoms with van der Waals surface area (Å²) >= 11 is 0. The van der Waals surface area contributed by atoms with Crippen LogP contribution in [0.15, 0.2) is 48.8 Å². The Labute approximate surface area is 165 Å². The number of para-hydroxylation sites is 1. The third-order valence-electron chi connectivity index (χ3n) is 5.01. The van der Waals surface area contributed by atoms with Crippen LogP contribution >= 0.6 is 12.4 Å². The third kappa shape index (κ3) is 4.77. The maximum atomic E-state index is 12.5. The number of benzene rings is 1. The van der Waals surface area contributed by atoms with Crippen molar-refractivity contribution < 1.29 is 9.53 Å². The smallest absolute Gasteiger partial charge is 0.234 e.